The van der Waals surface area contributed by atoms with Gasteiger partial charge in [0.1, 0.15) is 12.0 Å². The first-order valence-electron chi connectivity index (χ1n) is 12.3. The van der Waals surface area contributed by atoms with Gasteiger partial charge in [-0.3, -0.25) is 19.3 Å². The van der Waals surface area contributed by atoms with Crippen LogP contribution in [0.3, 0.4) is 0 Å². The van der Waals surface area contributed by atoms with Gasteiger partial charge in [0.25, 0.3) is 0 Å². The van der Waals surface area contributed by atoms with Gasteiger partial charge >= 0.3 is 12.3 Å². The molecule has 1 saturated heterocycles. The van der Waals surface area contributed by atoms with E-state index in [-0.39, 0.29) is 17.7 Å². The van der Waals surface area contributed by atoms with Crippen molar-refractivity contribution < 1.29 is 27.2 Å². The number of hydrogen-bond acceptors (Lipinski definition) is 5. The summed E-state index contributed by atoms with van der Waals surface area (Å²) in [5.74, 6) is -4.82. The number of aromatic nitrogens is 3. The number of alkyl halides is 4. The predicted octanol–water partition coefficient (Wildman–Crippen LogP) is 5.13. The topological polar surface area (TPSA) is 104 Å². The van der Waals surface area contributed by atoms with Crippen LogP contribution in [0.25, 0.3) is 22.4 Å². The maximum atomic E-state index is 13.6. The summed E-state index contributed by atoms with van der Waals surface area (Å²) < 4.78 is 53.4. The summed E-state index contributed by atoms with van der Waals surface area (Å²) in [6, 6.07) is 10.5. The van der Waals surface area contributed by atoms with Gasteiger partial charge in [0.15, 0.2) is 0 Å². The highest BCUT2D eigenvalue weighted by Gasteiger charge is 2.56. The summed E-state index contributed by atoms with van der Waals surface area (Å²) in [6.07, 6.45) is 2.27. The molecular weight excluding hydrogens is 516 g/mol. The molecule has 2 aromatic heterocycles. The molecule has 202 valence electrons. The molecule has 1 aliphatic carbocycles. The first kappa shape index (κ1) is 26.3. The average Bonchev–Trinajstić information content (AvgIpc) is 3.56. The van der Waals surface area contributed by atoms with Crippen LogP contribution in [0.5, 0.6) is 0 Å². The van der Waals surface area contributed by atoms with E-state index in [1.165, 1.54) is 25.5 Å². The molecule has 2 aliphatic rings. The molecule has 3 aromatic rings. The Morgan fingerprint density at radius 1 is 1.31 bits per heavy atom. The first-order chi connectivity index (χ1) is 18.6. The lowest BCUT2D eigenvalue weighted by molar-refractivity contribution is -0.139. The third kappa shape index (κ3) is 4.84. The minimum atomic E-state index is -4.26. The van der Waals surface area contributed by atoms with Crippen molar-refractivity contribution in [1.29, 1.82) is 5.26 Å². The van der Waals surface area contributed by atoms with E-state index in [1.807, 2.05) is 0 Å². The molecular formula is C27H24F4N6O2. The first-order valence-corrected chi connectivity index (χ1v) is 12.3. The highest BCUT2D eigenvalue weighted by Crippen LogP contribution is 2.52. The normalized spacial score (nSPS) is 19.4. The predicted molar refractivity (Wildman–Crippen MR) is 134 cm³/mol. The lowest BCUT2D eigenvalue weighted by Crippen LogP contribution is -2.35. The van der Waals surface area contributed by atoms with E-state index in [2.05, 4.69) is 21.5 Å². The average molecular weight is 541 g/mol. The van der Waals surface area contributed by atoms with Crippen LogP contribution in [0.1, 0.15) is 26.2 Å². The highest BCUT2D eigenvalue weighted by molar-refractivity contribution is 6.03. The van der Waals surface area contributed by atoms with E-state index < -0.39 is 24.3 Å². The molecule has 39 heavy (non-hydrogen) atoms. The van der Waals surface area contributed by atoms with Gasteiger partial charge in [-0.15, -0.1) is 0 Å². The van der Waals surface area contributed by atoms with Gasteiger partial charge in [0.05, 0.1) is 23.6 Å². The van der Waals surface area contributed by atoms with Crippen LogP contribution in [0, 0.1) is 22.7 Å². The van der Waals surface area contributed by atoms with E-state index in [9.17, 15) is 32.4 Å². The fraction of sp³-hybridized carbons (Fsp3) is 0.370. The number of benzene rings is 1. The lowest BCUT2D eigenvalue weighted by atomic mass is 9.83. The van der Waals surface area contributed by atoms with Crippen molar-refractivity contribution in [1.82, 2.24) is 14.8 Å². The Morgan fingerprint density at radius 3 is 2.74 bits per heavy atom. The minimum Gasteiger partial charge on any atom is -0.326 e. The monoisotopic (exact) mass is 540 g/mol. The molecule has 1 aromatic carbocycles. The number of pyridine rings is 1. The number of carbonyl (C=O) groups is 2. The summed E-state index contributed by atoms with van der Waals surface area (Å²) in [6.45, 7) is 0.391. The third-order valence-corrected chi connectivity index (χ3v) is 7.15. The molecule has 5 rings (SSSR count). The minimum absolute atomic E-state index is 0.0578. The second-order valence-corrected chi connectivity index (χ2v) is 9.86. The number of nitriles is 1. The fourth-order valence-electron chi connectivity index (χ4n) is 5.09. The largest absolute Gasteiger partial charge is 0.326 e. The maximum Gasteiger partial charge on any atom is 0.326 e. The molecule has 0 spiro atoms. The standard InChI is InChI=1S/C27H24F4N6O2/c1-16(38)35-21-4-2-3-20(17-12-34-36(13-17)15-27(30,31)24(28)29)23(21)22-11-19(7-9-33-22)37-10-8-26(14-32,25(37)39)18-5-6-18/h2-4,7,9,11-13,18,24H,5-6,8,10,15H2,1H3,(H,35,38)/t26-/m1/s1. The van der Waals surface area contributed by atoms with Gasteiger partial charge in [-0.25, -0.2) is 8.78 Å². The SMILES string of the molecule is CC(=O)Nc1cccc(-c2cnn(CC(F)(F)C(F)F)c2)c1-c1cc(N2CC[C@@](C#N)(C3CC3)C2=O)ccn1. The zero-order valence-electron chi connectivity index (χ0n) is 20.9. The smallest absolute Gasteiger partial charge is 0.326 e. The van der Waals surface area contributed by atoms with Gasteiger partial charge in [-0.05, 0) is 48.9 Å². The summed E-state index contributed by atoms with van der Waals surface area (Å²) in [7, 11) is 0. The van der Waals surface area contributed by atoms with Gasteiger partial charge in [-0.1, -0.05) is 12.1 Å². The summed E-state index contributed by atoms with van der Waals surface area (Å²) in [4.78, 5) is 31.4. The molecule has 0 radical (unpaired) electrons. The van der Waals surface area contributed by atoms with Crippen LogP contribution >= 0.6 is 0 Å². The molecule has 0 bridgehead atoms. The van der Waals surface area contributed by atoms with Crippen molar-refractivity contribution in [2.45, 2.75) is 45.1 Å². The van der Waals surface area contributed by atoms with Crippen molar-refractivity contribution in [3.63, 3.8) is 0 Å². The van der Waals surface area contributed by atoms with Crippen LogP contribution in [0.2, 0.25) is 0 Å². The Morgan fingerprint density at radius 2 is 2.08 bits per heavy atom. The van der Waals surface area contributed by atoms with Crippen molar-refractivity contribution in [2.24, 2.45) is 11.3 Å². The number of amides is 2. The molecule has 0 unspecified atom stereocenters. The van der Waals surface area contributed by atoms with Crippen molar-refractivity contribution in [3.8, 4) is 28.5 Å². The van der Waals surface area contributed by atoms with Crippen LogP contribution in [0.4, 0.5) is 28.9 Å². The van der Waals surface area contributed by atoms with E-state index in [0.717, 1.165) is 17.5 Å². The molecule has 1 saturated carbocycles. The summed E-state index contributed by atoms with van der Waals surface area (Å²) >= 11 is 0. The zero-order chi connectivity index (χ0) is 27.9. The highest BCUT2D eigenvalue weighted by atomic mass is 19.3. The Hall–Kier alpha value is -4.27. The fourth-order valence-corrected chi connectivity index (χ4v) is 5.09. The van der Waals surface area contributed by atoms with Gasteiger partial charge in [-0.2, -0.15) is 19.1 Å². The number of carbonyl (C=O) groups excluding carboxylic acids is 2. The lowest BCUT2D eigenvalue weighted by Gasteiger charge is -2.22. The van der Waals surface area contributed by atoms with Crippen LogP contribution in [-0.2, 0) is 16.1 Å². The number of halogens is 4. The van der Waals surface area contributed by atoms with Crippen LogP contribution < -0.4 is 10.2 Å². The number of rotatable bonds is 8. The molecule has 2 fully saturated rings. The van der Waals surface area contributed by atoms with Gasteiger partial charge in [0, 0.05) is 42.7 Å². The third-order valence-electron chi connectivity index (χ3n) is 7.15. The number of anilines is 2. The van der Waals surface area contributed by atoms with Crippen molar-refractivity contribution in [3.05, 3.63) is 48.9 Å². The molecule has 1 N–H and O–H groups in total. The van der Waals surface area contributed by atoms with Crippen LogP contribution in [-0.4, -0.2) is 45.5 Å². The summed E-state index contributed by atoms with van der Waals surface area (Å²) in [5, 5.41) is 16.4. The van der Waals surface area contributed by atoms with E-state index in [1.54, 1.807) is 35.2 Å². The van der Waals surface area contributed by atoms with E-state index in [4.69, 9.17) is 0 Å². The Balaban J connectivity index is 1.55. The number of nitrogens with zero attached hydrogens (tertiary/aromatic N) is 5. The van der Waals surface area contributed by atoms with Crippen molar-refractivity contribution >= 4 is 23.2 Å². The van der Waals surface area contributed by atoms with Crippen LogP contribution in [0.15, 0.2) is 48.9 Å². The Bertz CT molecular complexity index is 1480. The van der Waals surface area contributed by atoms with E-state index in [0.29, 0.717) is 46.7 Å². The second kappa shape index (κ2) is 9.80. The summed E-state index contributed by atoms with van der Waals surface area (Å²) in [5.41, 5.74) is 1.45. The molecule has 2 amide bonds. The molecule has 1 atom stereocenters. The number of nitrogens with one attached hydrogen (secondary N) is 1. The van der Waals surface area contributed by atoms with Gasteiger partial charge < -0.3 is 10.2 Å². The van der Waals surface area contributed by atoms with Gasteiger partial charge in [0.2, 0.25) is 11.8 Å². The Labute approximate surface area is 221 Å². The zero-order valence-corrected chi connectivity index (χ0v) is 20.9. The molecule has 8 nitrogen and oxygen atoms in total. The molecule has 3 heterocycles. The molecule has 1 aliphatic heterocycles. The quantitative estimate of drug-likeness (QED) is 0.399. The number of hydrogen-bond donors (Lipinski definition) is 1. The second-order valence-electron chi connectivity index (χ2n) is 9.86. The maximum absolute atomic E-state index is 13.6. The van der Waals surface area contributed by atoms with Crippen molar-refractivity contribution in [2.75, 3.05) is 16.8 Å². The Kier molecular flexibility index (Phi) is 6.62. The van der Waals surface area contributed by atoms with E-state index >= 15 is 0 Å². The molecule has 12 heteroatoms.